The quantitative estimate of drug-likeness (QED) is 0.565. The van der Waals surface area contributed by atoms with Gasteiger partial charge in [-0.3, -0.25) is 0 Å². The first-order chi connectivity index (χ1) is 15.7. The van der Waals surface area contributed by atoms with Crippen LogP contribution in [-0.4, -0.2) is 60.5 Å². The molecule has 178 valence electrons. The molecule has 2 atom stereocenters. The number of nitrogens with one attached hydrogen (secondary N) is 2. The Kier molecular flexibility index (Phi) is 6.90. The summed E-state index contributed by atoms with van der Waals surface area (Å²) in [6.45, 7) is 2.40. The van der Waals surface area contributed by atoms with Gasteiger partial charge in [-0.15, -0.1) is 11.6 Å². The van der Waals surface area contributed by atoms with Crippen LogP contribution in [0.25, 0.3) is 10.9 Å². The Labute approximate surface area is 197 Å². The fraction of sp³-hybridized carbons (Fsp3) is 0.429. The summed E-state index contributed by atoms with van der Waals surface area (Å²) in [7, 11) is 1.49. The van der Waals surface area contributed by atoms with Crippen LogP contribution < -0.4 is 20.1 Å². The van der Waals surface area contributed by atoms with Gasteiger partial charge in [-0.1, -0.05) is 11.6 Å². The zero-order chi connectivity index (χ0) is 23.6. The maximum absolute atomic E-state index is 13.5. The van der Waals surface area contributed by atoms with Crippen LogP contribution in [0.1, 0.15) is 6.42 Å². The van der Waals surface area contributed by atoms with Gasteiger partial charge in [-0.25, -0.2) is 9.97 Å². The van der Waals surface area contributed by atoms with Crippen LogP contribution in [0, 0.1) is 0 Å². The van der Waals surface area contributed by atoms with Crippen molar-refractivity contribution >= 4 is 39.9 Å². The van der Waals surface area contributed by atoms with Crippen LogP contribution in [0.2, 0.25) is 0 Å². The minimum atomic E-state index is -4.68. The van der Waals surface area contributed by atoms with Crippen LogP contribution in [0.3, 0.4) is 0 Å². The molecule has 7 nitrogen and oxygen atoms in total. The number of benzene rings is 1. The zero-order valence-corrected chi connectivity index (χ0v) is 19.0. The minimum absolute atomic E-state index is 0.0951. The number of rotatable bonds is 6. The third-order valence-electron chi connectivity index (χ3n) is 5.23. The van der Waals surface area contributed by atoms with Crippen molar-refractivity contribution in [2.75, 3.05) is 38.7 Å². The molecule has 1 aromatic heterocycles. The Morgan fingerprint density at radius 3 is 2.82 bits per heavy atom. The third-order valence-corrected chi connectivity index (χ3v) is 5.90. The van der Waals surface area contributed by atoms with Gasteiger partial charge in [0.1, 0.15) is 24.9 Å². The van der Waals surface area contributed by atoms with E-state index >= 15 is 0 Å². The fourth-order valence-corrected chi connectivity index (χ4v) is 4.20. The average Bonchev–Trinajstić information content (AvgIpc) is 2.76. The molecule has 1 aromatic carbocycles. The van der Waals surface area contributed by atoms with Gasteiger partial charge in [0.2, 0.25) is 0 Å². The standard InChI is InChI=1S/C21H21Cl2F3N4O3/c1-31-17-5-15-16(6-18(17)33-10-14-9-27-2-3-32-14)28-11-29-19(15)30-13-4-12(22)7-20(23,8-13)21(24,25)26/h4-7,11,14,27H,2-3,8-10H2,1H3,(H,28,29,30). The molecule has 0 radical (unpaired) electrons. The number of methoxy groups -OCH3 is 1. The van der Waals surface area contributed by atoms with Crippen molar-refractivity contribution in [1.29, 1.82) is 0 Å². The lowest BCUT2D eigenvalue weighted by Crippen LogP contribution is -2.41. The van der Waals surface area contributed by atoms with Gasteiger partial charge < -0.3 is 24.8 Å². The first kappa shape index (κ1) is 23.9. The number of allylic oxidation sites excluding steroid dienone is 4. The molecule has 2 unspecified atom stereocenters. The lowest BCUT2D eigenvalue weighted by atomic mass is 9.96. The van der Waals surface area contributed by atoms with Crippen molar-refractivity contribution < 1.29 is 27.4 Å². The monoisotopic (exact) mass is 504 g/mol. The lowest BCUT2D eigenvalue weighted by Gasteiger charge is -2.30. The number of hydrogen-bond donors (Lipinski definition) is 2. The van der Waals surface area contributed by atoms with E-state index in [-0.39, 0.29) is 22.7 Å². The van der Waals surface area contributed by atoms with Gasteiger partial charge in [-0.05, 0) is 18.2 Å². The molecular weight excluding hydrogens is 484 g/mol. The topological polar surface area (TPSA) is 77.5 Å². The van der Waals surface area contributed by atoms with Crippen molar-refractivity contribution in [2.45, 2.75) is 23.6 Å². The van der Waals surface area contributed by atoms with E-state index in [1.165, 1.54) is 19.5 Å². The zero-order valence-electron chi connectivity index (χ0n) is 17.5. The SMILES string of the molecule is COc1cc2c(NC3=CC(Cl)=CC(Cl)(C(F)(F)F)C3)ncnc2cc1OCC1CNCCO1. The average molecular weight is 505 g/mol. The van der Waals surface area contributed by atoms with E-state index in [0.29, 0.717) is 42.2 Å². The molecule has 33 heavy (non-hydrogen) atoms. The summed E-state index contributed by atoms with van der Waals surface area (Å²) < 4.78 is 57.4. The van der Waals surface area contributed by atoms with Crippen molar-refractivity contribution in [3.8, 4) is 11.5 Å². The fourth-order valence-electron chi connectivity index (χ4n) is 3.57. The molecule has 4 rings (SSSR count). The van der Waals surface area contributed by atoms with Gasteiger partial charge in [0, 0.05) is 41.7 Å². The second-order valence-electron chi connectivity index (χ2n) is 7.61. The summed E-state index contributed by atoms with van der Waals surface area (Å²) in [5.41, 5.74) is 0.674. The highest BCUT2D eigenvalue weighted by molar-refractivity contribution is 6.33. The summed E-state index contributed by atoms with van der Waals surface area (Å²) in [4.78, 5) is 5.83. The highest BCUT2D eigenvalue weighted by atomic mass is 35.5. The number of halogens is 5. The molecule has 1 aliphatic carbocycles. The molecule has 2 N–H and O–H groups in total. The number of aromatic nitrogens is 2. The number of morpholine rings is 1. The Balaban J connectivity index is 1.59. The molecule has 1 aliphatic heterocycles. The van der Waals surface area contributed by atoms with E-state index in [1.54, 1.807) is 12.1 Å². The molecule has 12 heteroatoms. The Hall–Kier alpha value is -2.27. The van der Waals surface area contributed by atoms with E-state index < -0.39 is 17.5 Å². The summed E-state index contributed by atoms with van der Waals surface area (Å²) in [6.07, 6.45) is -1.84. The number of hydrogen-bond acceptors (Lipinski definition) is 7. The third kappa shape index (κ3) is 5.29. The molecule has 1 saturated heterocycles. The van der Waals surface area contributed by atoms with Gasteiger partial charge >= 0.3 is 6.18 Å². The molecule has 2 heterocycles. The largest absolute Gasteiger partial charge is 0.493 e. The Morgan fingerprint density at radius 1 is 1.30 bits per heavy atom. The summed E-state index contributed by atoms with van der Waals surface area (Å²) in [5.74, 6) is 1.16. The van der Waals surface area contributed by atoms with Crippen molar-refractivity contribution in [3.05, 3.63) is 41.3 Å². The highest BCUT2D eigenvalue weighted by Crippen LogP contribution is 2.46. The molecule has 0 bridgehead atoms. The Morgan fingerprint density at radius 2 is 2.12 bits per heavy atom. The number of alkyl halides is 4. The molecule has 2 aliphatic rings. The van der Waals surface area contributed by atoms with E-state index in [0.717, 1.165) is 12.6 Å². The summed E-state index contributed by atoms with van der Waals surface area (Å²) >= 11 is 11.8. The number of nitrogens with zero attached hydrogens (tertiary/aromatic N) is 2. The first-order valence-electron chi connectivity index (χ1n) is 10.1. The summed E-state index contributed by atoms with van der Waals surface area (Å²) in [6, 6.07) is 3.34. The van der Waals surface area contributed by atoms with Gasteiger partial charge in [0.15, 0.2) is 16.4 Å². The van der Waals surface area contributed by atoms with Gasteiger partial charge in [0.25, 0.3) is 0 Å². The van der Waals surface area contributed by atoms with Crippen LogP contribution in [0.5, 0.6) is 11.5 Å². The smallest absolute Gasteiger partial charge is 0.411 e. The van der Waals surface area contributed by atoms with E-state index in [9.17, 15) is 13.2 Å². The van der Waals surface area contributed by atoms with E-state index in [2.05, 4.69) is 20.6 Å². The molecule has 0 spiro atoms. The summed E-state index contributed by atoms with van der Waals surface area (Å²) in [5, 5.41) is 6.54. The second-order valence-corrected chi connectivity index (χ2v) is 8.72. The van der Waals surface area contributed by atoms with E-state index in [1.807, 2.05) is 0 Å². The van der Waals surface area contributed by atoms with E-state index in [4.69, 9.17) is 37.4 Å². The highest BCUT2D eigenvalue weighted by Gasteiger charge is 2.53. The van der Waals surface area contributed by atoms with Gasteiger partial charge in [0.05, 0.1) is 19.2 Å². The molecule has 2 aromatic rings. The lowest BCUT2D eigenvalue weighted by molar-refractivity contribution is -0.150. The van der Waals surface area contributed by atoms with Crippen LogP contribution >= 0.6 is 23.2 Å². The van der Waals surface area contributed by atoms with Crippen molar-refractivity contribution in [2.24, 2.45) is 0 Å². The molecule has 0 saturated carbocycles. The molecule has 0 amide bonds. The van der Waals surface area contributed by atoms with Crippen LogP contribution in [0.15, 0.2) is 41.3 Å². The second kappa shape index (κ2) is 9.54. The molecule has 1 fully saturated rings. The first-order valence-corrected chi connectivity index (χ1v) is 10.8. The number of anilines is 1. The van der Waals surface area contributed by atoms with Crippen LogP contribution in [-0.2, 0) is 4.74 Å². The Bertz CT molecular complexity index is 1090. The van der Waals surface area contributed by atoms with Crippen LogP contribution in [0.4, 0.5) is 19.0 Å². The maximum Gasteiger partial charge on any atom is 0.411 e. The molecular formula is C21H21Cl2F3N4O3. The number of fused-ring (bicyclic) bond motifs is 1. The van der Waals surface area contributed by atoms with Crippen molar-refractivity contribution in [3.63, 3.8) is 0 Å². The maximum atomic E-state index is 13.5. The predicted octanol–water partition coefficient (Wildman–Crippen LogP) is 4.37. The predicted molar refractivity (Wildman–Crippen MR) is 119 cm³/mol. The minimum Gasteiger partial charge on any atom is -0.493 e. The van der Waals surface area contributed by atoms with Gasteiger partial charge in [-0.2, -0.15) is 13.2 Å². The van der Waals surface area contributed by atoms with Crippen molar-refractivity contribution in [1.82, 2.24) is 15.3 Å². The number of ether oxygens (including phenoxy) is 3. The normalized spacial score (nSPS) is 23.6.